The summed E-state index contributed by atoms with van der Waals surface area (Å²) < 4.78 is 5.23. The summed E-state index contributed by atoms with van der Waals surface area (Å²) >= 11 is 0. The molecule has 1 aromatic rings. The number of hydrogen-bond acceptors (Lipinski definition) is 4. The third kappa shape index (κ3) is 2.10. The average molecular weight is 192 g/mol. The first-order chi connectivity index (χ1) is 6.86. The molecule has 74 valence electrons. The van der Waals surface area contributed by atoms with Gasteiger partial charge in [0, 0.05) is 13.1 Å². The van der Waals surface area contributed by atoms with Gasteiger partial charge < -0.3 is 4.74 Å². The zero-order valence-electron chi connectivity index (χ0n) is 7.69. The number of ether oxygens (including phenoxy) is 1. The maximum absolute atomic E-state index is 11.5. The Kier molecular flexibility index (Phi) is 2.76. The van der Waals surface area contributed by atoms with E-state index in [0.29, 0.717) is 18.7 Å². The smallest absolute Gasteiger partial charge is 0.338 e. The van der Waals surface area contributed by atoms with Crippen LogP contribution in [0.15, 0.2) is 30.3 Å². The zero-order chi connectivity index (χ0) is 9.80. The highest BCUT2D eigenvalue weighted by Crippen LogP contribution is 2.04. The molecule has 4 heteroatoms. The van der Waals surface area contributed by atoms with Crippen LogP contribution in [0.2, 0.25) is 0 Å². The van der Waals surface area contributed by atoms with Gasteiger partial charge >= 0.3 is 5.97 Å². The number of benzene rings is 1. The SMILES string of the molecule is O=C(OC1CNNC1)c1ccccc1. The molecule has 0 amide bonds. The second-order valence-electron chi connectivity index (χ2n) is 3.16. The number of hydrazine groups is 1. The number of rotatable bonds is 2. The van der Waals surface area contributed by atoms with E-state index in [-0.39, 0.29) is 12.1 Å². The lowest BCUT2D eigenvalue weighted by molar-refractivity contribution is 0.0365. The highest BCUT2D eigenvalue weighted by molar-refractivity contribution is 5.89. The molecule has 1 fully saturated rings. The van der Waals surface area contributed by atoms with Gasteiger partial charge in [0.2, 0.25) is 0 Å². The van der Waals surface area contributed by atoms with Gasteiger partial charge in [-0.1, -0.05) is 18.2 Å². The van der Waals surface area contributed by atoms with E-state index in [2.05, 4.69) is 10.9 Å². The number of hydrogen-bond donors (Lipinski definition) is 2. The standard InChI is InChI=1S/C10H12N2O2/c13-10(8-4-2-1-3-5-8)14-9-6-11-12-7-9/h1-5,9,11-12H,6-7H2. The molecule has 1 heterocycles. The van der Waals surface area contributed by atoms with Gasteiger partial charge in [-0.3, -0.25) is 10.9 Å². The largest absolute Gasteiger partial charge is 0.456 e. The summed E-state index contributed by atoms with van der Waals surface area (Å²) in [6.07, 6.45) is -0.0669. The predicted molar refractivity (Wildman–Crippen MR) is 51.7 cm³/mol. The number of carbonyl (C=O) groups excluding carboxylic acids is 1. The van der Waals surface area contributed by atoms with Gasteiger partial charge in [-0.25, -0.2) is 4.79 Å². The Hall–Kier alpha value is -1.39. The Balaban J connectivity index is 1.95. The Bertz CT molecular complexity index is 307. The van der Waals surface area contributed by atoms with Gasteiger partial charge in [0.05, 0.1) is 5.56 Å². The average Bonchev–Trinajstić information content (AvgIpc) is 2.72. The van der Waals surface area contributed by atoms with Crippen molar-refractivity contribution in [1.82, 2.24) is 10.9 Å². The molecule has 2 N–H and O–H groups in total. The van der Waals surface area contributed by atoms with Crippen LogP contribution in [0.4, 0.5) is 0 Å². The van der Waals surface area contributed by atoms with Gasteiger partial charge in [-0.05, 0) is 12.1 Å². The summed E-state index contributed by atoms with van der Waals surface area (Å²) in [5.74, 6) is -0.263. The lowest BCUT2D eigenvalue weighted by Crippen LogP contribution is -2.22. The van der Waals surface area contributed by atoms with E-state index in [9.17, 15) is 4.79 Å². The zero-order valence-corrected chi connectivity index (χ0v) is 7.69. The topological polar surface area (TPSA) is 50.4 Å². The molecule has 0 radical (unpaired) electrons. The first-order valence-corrected chi connectivity index (χ1v) is 4.58. The lowest BCUT2D eigenvalue weighted by atomic mass is 10.2. The van der Waals surface area contributed by atoms with E-state index in [1.54, 1.807) is 12.1 Å². The molecule has 0 aliphatic carbocycles. The minimum absolute atomic E-state index is 0.0669. The van der Waals surface area contributed by atoms with E-state index in [4.69, 9.17) is 4.74 Å². The molecular weight excluding hydrogens is 180 g/mol. The maximum Gasteiger partial charge on any atom is 0.338 e. The molecular formula is C10H12N2O2. The van der Waals surface area contributed by atoms with E-state index >= 15 is 0 Å². The van der Waals surface area contributed by atoms with Crippen molar-refractivity contribution in [1.29, 1.82) is 0 Å². The van der Waals surface area contributed by atoms with Crippen LogP contribution in [-0.2, 0) is 4.74 Å². The molecule has 0 bridgehead atoms. The summed E-state index contributed by atoms with van der Waals surface area (Å²) in [6, 6.07) is 9.01. The van der Waals surface area contributed by atoms with E-state index in [0.717, 1.165) is 0 Å². The van der Waals surface area contributed by atoms with Crippen LogP contribution >= 0.6 is 0 Å². The highest BCUT2D eigenvalue weighted by Gasteiger charge is 2.18. The fraction of sp³-hybridized carbons (Fsp3) is 0.300. The number of esters is 1. The summed E-state index contributed by atoms with van der Waals surface area (Å²) in [7, 11) is 0. The molecule has 0 saturated carbocycles. The van der Waals surface area contributed by atoms with Crippen molar-refractivity contribution in [2.75, 3.05) is 13.1 Å². The van der Waals surface area contributed by atoms with E-state index in [1.165, 1.54) is 0 Å². The summed E-state index contributed by atoms with van der Waals surface area (Å²) in [5.41, 5.74) is 6.40. The first kappa shape index (κ1) is 9.18. The maximum atomic E-state index is 11.5. The monoisotopic (exact) mass is 192 g/mol. The summed E-state index contributed by atoms with van der Waals surface area (Å²) in [4.78, 5) is 11.5. The van der Waals surface area contributed by atoms with Crippen LogP contribution in [0.1, 0.15) is 10.4 Å². The Morgan fingerprint density at radius 1 is 1.21 bits per heavy atom. The Morgan fingerprint density at radius 2 is 1.86 bits per heavy atom. The van der Waals surface area contributed by atoms with Crippen molar-refractivity contribution in [3.63, 3.8) is 0 Å². The lowest BCUT2D eigenvalue weighted by Gasteiger charge is -2.09. The van der Waals surface area contributed by atoms with E-state index < -0.39 is 0 Å². The second-order valence-corrected chi connectivity index (χ2v) is 3.16. The minimum Gasteiger partial charge on any atom is -0.456 e. The van der Waals surface area contributed by atoms with Crippen LogP contribution in [0.5, 0.6) is 0 Å². The fourth-order valence-electron chi connectivity index (χ4n) is 1.32. The molecule has 0 atom stereocenters. The summed E-state index contributed by atoms with van der Waals surface area (Å²) in [5, 5.41) is 0. The predicted octanol–water partition coefficient (Wildman–Crippen LogP) is 0.320. The molecule has 0 aromatic heterocycles. The van der Waals surface area contributed by atoms with Crippen LogP contribution in [0.3, 0.4) is 0 Å². The van der Waals surface area contributed by atoms with Gasteiger partial charge in [0.1, 0.15) is 6.10 Å². The Labute approximate surface area is 82.2 Å². The molecule has 4 nitrogen and oxygen atoms in total. The minimum atomic E-state index is -0.263. The van der Waals surface area contributed by atoms with Crippen LogP contribution < -0.4 is 10.9 Å². The number of nitrogens with one attached hydrogen (secondary N) is 2. The fourth-order valence-corrected chi connectivity index (χ4v) is 1.32. The van der Waals surface area contributed by atoms with Crippen molar-refractivity contribution in [2.24, 2.45) is 0 Å². The molecule has 0 unspecified atom stereocenters. The van der Waals surface area contributed by atoms with Crippen LogP contribution in [0, 0.1) is 0 Å². The van der Waals surface area contributed by atoms with Crippen LogP contribution in [0.25, 0.3) is 0 Å². The normalized spacial score (nSPS) is 16.9. The van der Waals surface area contributed by atoms with Crippen molar-refractivity contribution < 1.29 is 9.53 Å². The van der Waals surface area contributed by atoms with Crippen molar-refractivity contribution in [3.8, 4) is 0 Å². The molecule has 2 rings (SSSR count). The van der Waals surface area contributed by atoms with Gasteiger partial charge in [0.15, 0.2) is 0 Å². The van der Waals surface area contributed by atoms with Crippen LogP contribution in [-0.4, -0.2) is 25.2 Å². The molecule has 1 aliphatic rings. The highest BCUT2D eigenvalue weighted by atomic mass is 16.5. The summed E-state index contributed by atoms with van der Waals surface area (Å²) in [6.45, 7) is 1.33. The molecule has 0 spiro atoms. The van der Waals surface area contributed by atoms with Gasteiger partial charge in [0.25, 0.3) is 0 Å². The second kappa shape index (κ2) is 4.21. The third-order valence-corrected chi connectivity index (χ3v) is 2.07. The Morgan fingerprint density at radius 3 is 2.50 bits per heavy atom. The van der Waals surface area contributed by atoms with E-state index in [1.807, 2.05) is 18.2 Å². The third-order valence-electron chi connectivity index (χ3n) is 2.07. The van der Waals surface area contributed by atoms with Crippen molar-refractivity contribution in [3.05, 3.63) is 35.9 Å². The number of carbonyl (C=O) groups is 1. The quantitative estimate of drug-likeness (QED) is 0.662. The van der Waals surface area contributed by atoms with Crippen molar-refractivity contribution >= 4 is 5.97 Å². The molecule has 1 aromatic carbocycles. The molecule has 1 aliphatic heterocycles. The molecule has 14 heavy (non-hydrogen) atoms. The van der Waals surface area contributed by atoms with Gasteiger partial charge in [-0.2, -0.15) is 0 Å². The van der Waals surface area contributed by atoms with Crippen molar-refractivity contribution in [2.45, 2.75) is 6.10 Å². The van der Waals surface area contributed by atoms with Gasteiger partial charge in [-0.15, -0.1) is 0 Å². The first-order valence-electron chi connectivity index (χ1n) is 4.58. The molecule has 1 saturated heterocycles.